The van der Waals surface area contributed by atoms with Crippen LogP contribution in [0, 0.1) is 16.0 Å². The zero-order valence-electron chi connectivity index (χ0n) is 18.2. The second kappa shape index (κ2) is 10.4. The fourth-order valence-electron chi connectivity index (χ4n) is 3.85. The zero-order valence-corrected chi connectivity index (χ0v) is 19.7. The number of halogens is 2. The zero-order chi connectivity index (χ0) is 24.2. The summed E-state index contributed by atoms with van der Waals surface area (Å²) in [5.41, 5.74) is 0.748. The molecule has 10 nitrogen and oxygen atoms in total. The highest BCUT2D eigenvalue weighted by molar-refractivity contribution is 6.36. The second-order valence-corrected chi connectivity index (χ2v) is 8.68. The van der Waals surface area contributed by atoms with Crippen molar-refractivity contribution in [2.24, 2.45) is 5.92 Å². The summed E-state index contributed by atoms with van der Waals surface area (Å²) in [6.45, 7) is 1.62. The predicted octanol–water partition coefficient (Wildman–Crippen LogP) is 4.81. The van der Waals surface area contributed by atoms with Gasteiger partial charge in [0.25, 0.3) is 5.69 Å². The van der Waals surface area contributed by atoms with Crippen LogP contribution in [0.2, 0.25) is 10.0 Å². The van der Waals surface area contributed by atoms with Gasteiger partial charge in [0.2, 0.25) is 17.6 Å². The molecule has 1 aromatic heterocycles. The van der Waals surface area contributed by atoms with E-state index in [2.05, 4.69) is 20.4 Å². The van der Waals surface area contributed by atoms with Crippen LogP contribution in [0.4, 0.5) is 11.4 Å². The summed E-state index contributed by atoms with van der Waals surface area (Å²) in [7, 11) is 1.44. The van der Waals surface area contributed by atoms with Gasteiger partial charge in [0.15, 0.2) is 0 Å². The Hall–Kier alpha value is -3.21. The van der Waals surface area contributed by atoms with E-state index < -0.39 is 4.92 Å². The maximum atomic E-state index is 12.9. The van der Waals surface area contributed by atoms with Gasteiger partial charge in [-0.15, -0.1) is 0 Å². The molecule has 0 aliphatic carbocycles. The molecule has 1 fully saturated rings. The highest BCUT2D eigenvalue weighted by Crippen LogP contribution is 2.31. The first-order valence-electron chi connectivity index (χ1n) is 10.5. The first-order chi connectivity index (χ1) is 16.3. The highest BCUT2D eigenvalue weighted by atomic mass is 35.5. The van der Waals surface area contributed by atoms with Crippen LogP contribution >= 0.6 is 23.2 Å². The molecule has 1 atom stereocenters. The number of aromatic nitrogens is 2. The van der Waals surface area contributed by atoms with Crippen molar-refractivity contribution in [1.29, 1.82) is 0 Å². The predicted molar refractivity (Wildman–Crippen MR) is 126 cm³/mol. The van der Waals surface area contributed by atoms with Crippen molar-refractivity contribution in [2.45, 2.75) is 19.4 Å². The molecule has 178 valence electrons. The summed E-state index contributed by atoms with van der Waals surface area (Å²) < 4.78 is 10.6. The third kappa shape index (κ3) is 5.46. The minimum Gasteiger partial charge on any atom is -0.495 e. The van der Waals surface area contributed by atoms with Crippen LogP contribution in [0.3, 0.4) is 0 Å². The molecule has 1 aliphatic rings. The maximum Gasteiger partial charge on any atom is 0.271 e. The van der Waals surface area contributed by atoms with Gasteiger partial charge >= 0.3 is 0 Å². The van der Waals surface area contributed by atoms with Crippen LogP contribution < -0.4 is 10.1 Å². The van der Waals surface area contributed by atoms with Crippen LogP contribution in [0.25, 0.3) is 11.4 Å². The van der Waals surface area contributed by atoms with Gasteiger partial charge in [-0.1, -0.05) is 28.4 Å². The fourth-order valence-corrected chi connectivity index (χ4v) is 4.34. The third-order valence-corrected chi connectivity index (χ3v) is 6.07. The van der Waals surface area contributed by atoms with Gasteiger partial charge in [0, 0.05) is 29.3 Å². The minimum absolute atomic E-state index is 0.130. The Kier molecular flexibility index (Phi) is 7.30. The van der Waals surface area contributed by atoms with Gasteiger partial charge in [0.05, 0.1) is 35.2 Å². The van der Waals surface area contributed by atoms with Gasteiger partial charge in [-0.2, -0.15) is 4.98 Å². The number of piperidine rings is 1. The van der Waals surface area contributed by atoms with Crippen LogP contribution in [0.1, 0.15) is 18.7 Å². The molecule has 2 heterocycles. The molecular formula is C22H21Cl2N5O5. The Morgan fingerprint density at radius 2 is 2.15 bits per heavy atom. The molecule has 3 aromatic rings. The molecule has 2 aromatic carbocycles. The van der Waals surface area contributed by atoms with Crippen LogP contribution in [0.15, 0.2) is 40.9 Å². The average molecular weight is 506 g/mol. The van der Waals surface area contributed by atoms with E-state index in [1.54, 1.807) is 18.2 Å². The summed E-state index contributed by atoms with van der Waals surface area (Å²) in [5, 5.41) is 18.8. The van der Waals surface area contributed by atoms with E-state index >= 15 is 0 Å². The number of nitrogens with one attached hydrogen (secondary N) is 1. The van der Waals surface area contributed by atoms with Crippen LogP contribution in [-0.4, -0.2) is 46.1 Å². The summed E-state index contributed by atoms with van der Waals surface area (Å²) in [4.78, 5) is 30.0. The molecule has 0 saturated carbocycles. The van der Waals surface area contributed by atoms with Crippen molar-refractivity contribution in [3.63, 3.8) is 0 Å². The number of nitro groups is 1. The Balaban J connectivity index is 1.41. The van der Waals surface area contributed by atoms with Gasteiger partial charge in [-0.25, -0.2) is 0 Å². The van der Waals surface area contributed by atoms with E-state index in [0.717, 1.165) is 13.0 Å². The summed E-state index contributed by atoms with van der Waals surface area (Å²) in [6.07, 6.45) is 1.49. The Morgan fingerprint density at radius 3 is 2.88 bits per heavy atom. The first-order valence-corrected chi connectivity index (χ1v) is 11.2. The third-order valence-electron chi connectivity index (χ3n) is 5.53. The van der Waals surface area contributed by atoms with Crippen molar-refractivity contribution < 1.29 is 19.0 Å². The molecule has 1 aliphatic heterocycles. The number of methoxy groups -OCH3 is 1. The second-order valence-electron chi connectivity index (χ2n) is 7.84. The van der Waals surface area contributed by atoms with Gasteiger partial charge in [0.1, 0.15) is 5.75 Å². The van der Waals surface area contributed by atoms with Crippen LogP contribution in [0.5, 0.6) is 5.75 Å². The van der Waals surface area contributed by atoms with Gasteiger partial charge < -0.3 is 14.6 Å². The Labute approximate surface area is 204 Å². The number of anilines is 1. The SMILES string of the molecule is COc1ccc([N+](=O)[O-])cc1NC(=O)C1CCCN(Cc2nc(-c3ccc(Cl)cc3Cl)no2)C1. The lowest BCUT2D eigenvalue weighted by atomic mass is 9.97. The first kappa shape index (κ1) is 23.9. The molecule has 4 rings (SSSR count). The van der Waals surface area contributed by atoms with Crippen LogP contribution in [-0.2, 0) is 11.3 Å². The number of hydrogen-bond donors (Lipinski definition) is 1. The fraction of sp³-hybridized carbons (Fsp3) is 0.318. The summed E-state index contributed by atoms with van der Waals surface area (Å²) >= 11 is 12.2. The summed E-state index contributed by atoms with van der Waals surface area (Å²) in [6, 6.07) is 9.11. The molecule has 12 heteroatoms. The standard InChI is InChI=1S/C22H21Cl2N5O5/c1-33-19-7-5-15(29(31)32)10-18(19)25-22(30)13-3-2-8-28(11-13)12-20-26-21(27-34-20)16-6-4-14(23)9-17(16)24/h4-7,9-10,13H,2-3,8,11-12H2,1H3,(H,25,30). The van der Waals surface area contributed by atoms with Crippen molar-refractivity contribution in [3.8, 4) is 17.1 Å². The van der Waals surface area contributed by atoms with E-state index in [4.69, 9.17) is 32.5 Å². The quantitative estimate of drug-likeness (QED) is 0.358. The highest BCUT2D eigenvalue weighted by Gasteiger charge is 2.28. The lowest BCUT2D eigenvalue weighted by molar-refractivity contribution is -0.384. The van der Waals surface area contributed by atoms with Gasteiger partial charge in [-0.3, -0.25) is 19.8 Å². The Bertz CT molecular complexity index is 1220. The number of nitro benzene ring substituents is 1. The Morgan fingerprint density at radius 1 is 1.32 bits per heavy atom. The maximum absolute atomic E-state index is 12.9. The lowest BCUT2D eigenvalue weighted by Gasteiger charge is -2.30. The van der Waals surface area contributed by atoms with Gasteiger partial charge in [-0.05, 0) is 43.7 Å². The molecule has 0 radical (unpaired) electrons. The molecule has 1 N–H and O–H groups in total. The number of carbonyl (C=O) groups excluding carboxylic acids is 1. The number of carbonyl (C=O) groups is 1. The molecule has 34 heavy (non-hydrogen) atoms. The number of ether oxygens (including phenoxy) is 1. The number of non-ortho nitro benzene ring substituents is 1. The number of likely N-dealkylation sites (tertiary alicyclic amines) is 1. The topological polar surface area (TPSA) is 124 Å². The average Bonchev–Trinajstić information content (AvgIpc) is 3.27. The molecule has 1 amide bonds. The molecule has 1 unspecified atom stereocenters. The normalized spacial score (nSPS) is 16.3. The van der Waals surface area contributed by atoms with E-state index in [1.165, 1.54) is 25.3 Å². The number of benzene rings is 2. The van der Waals surface area contributed by atoms with E-state index in [-0.39, 0.29) is 23.2 Å². The smallest absolute Gasteiger partial charge is 0.271 e. The van der Waals surface area contributed by atoms with E-state index in [9.17, 15) is 14.9 Å². The summed E-state index contributed by atoms with van der Waals surface area (Å²) in [5.74, 6) is 0.572. The van der Waals surface area contributed by atoms with E-state index in [0.29, 0.717) is 52.6 Å². The number of hydrogen-bond acceptors (Lipinski definition) is 8. The lowest BCUT2D eigenvalue weighted by Crippen LogP contribution is -2.40. The largest absolute Gasteiger partial charge is 0.495 e. The minimum atomic E-state index is -0.521. The van der Waals surface area contributed by atoms with Crippen molar-refractivity contribution in [1.82, 2.24) is 15.0 Å². The van der Waals surface area contributed by atoms with Crippen molar-refractivity contribution >= 4 is 40.5 Å². The van der Waals surface area contributed by atoms with E-state index in [1.807, 2.05) is 0 Å². The van der Waals surface area contributed by atoms with Crippen molar-refractivity contribution in [3.05, 3.63) is 62.4 Å². The monoisotopic (exact) mass is 505 g/mol. The number of amides is 1. The molecule has 1 saturated heterocycles. The molecular weight excluding hydrogens is 485 g/mol. The molecule has 0 bridgehead atoms. The number of nitrogens with zero attached hydrogens (tertiary/aromatic N) is 4. The molecule has 0 spiro atoms. The number of rotatable bonds is 7. The van der Waals surface area contributed by atoms with Crippen molar-refractivity contribution in [2.75, 3.05) is 25.5 Å².